The van der Waals surface area contributed by atoms with E-state index in [1.807, 2.05) is 88.2 Å². The number of aromatic amines is 1. The fraction of sp³-hybridized carbons (Fsp3) is 0.127. The fourth-order valence-electron chi connectivity index (χ4n) is 10.6. The predicted molar refractivity (Wildman–Crippen MR) is 299 cm³/mol. The summed E-state index contributed by atoms with van der Waals surface area (Å²) >= 11 is 0. The second kappa shape index (κ2) is 19.7. The molecule has 0 saturated heterocycles. The number of nitrogens with two attached hydrogens (primary N) is 2. The Kier molecular flexibility index (Phi) is 12.3. The van der Waals surface area contributed by atoms with Crippen molar-refractivity contribution in [3.8, 4) is 73.1 Å². The Morgan fingerprint density at radius 2 is 1.05 bits per heavy atom. The molecule has 2 fully saturated rings. The fourth-order valence-corrected chi connectivity index (χ4v) is 10.6. The van der Waals surface area contributed by atoms with Crippen molar-refractivity contribution in [2.45, 2.75) is 49.6 Å². The zero-order chi connectivity index (χ0) is 51.8. The molecule has 76 heavy (non-hydrogen) atoms. The minimum Gasteiger partial charge on any atom is -0.483 e. The van der Waals surface area contributed by atoms with Crippen LogP contribution in [0, 0.1) is 11.3 Å². The highest BCUT2D eigenvalue weighted by molar-refractivity contribution is 6.05. The summed E-state index contributed by atoms with van der Waals surface area (Å²) in [6, 6.07) is 60.2. The molecule has 0 amide bonds. The molecule has 13 nitrogen and oxygen atoms in total. The van der Waals surface area contributed by atoms with Gasteiger partial charge in [-0.25, -0.2) is 19.0 Å². The van der Waals surface area contributed by atoms with Gasteiger partial charge >= 0.3 is 0 Å². The van der Waals surface area contributed by atoms with Crippen molar-refractivity contribution in [3.05, 3.63) is 211 Å². The molecule has 6 N–H and O–H groups in total. The van der Waals surface area contributed by atoms with Crippen molar-refractivity contribution in [1.29, 1.82) is 5.26 Å². The standard InChI is InChI=1S/C33H25N5.C29H24N6.CH2O2/c34-20-22-10-12-24(13-11-22)27-8-4-9-29-30(27)32-36-31(25-14-16-26(17-15-25)33(35)18-5-19-33)28(21-38(32)37-29)23-6-2-1-3-7-23;30-29(13-4-14-29)23-10-7-20(8-11-23)27-25(19-5-2-1-3-6-19)18-35-28(33-27)24-15-21(9-12-26(24)34-35)22-16-31-32-17-22;2-1-3/h1-4,6-17,21H,5,18-19,35H2;1-3,5-12,15-18H,4,13-14,30H2,(H,31,32);1H,(H,2,3). The lowest BCUT2D eigenvalue weighted by Crippen LogP contribution is -2.43. The molecular weight excluding hydrogens is 943 g/mol. The topological polar surface area (TPSA) is 202 Å². The van der Waals surface area contributed by atoms with E-state index in [0.29, 0.717) is 5.56 Å². The normalized spacial score (nSPS) is 14.2. The summed E-state index contributed by atoms with van der Waals surface area (Å²) in [5, 5.41) is 34.9. The maximum Gasteiger partial charge on any atom is 0.290 e. The molecule has 2 aliphatic carbocycles. The lowest BCUT2D eigenvalue weighted by Gasteiger charge is -2.38. The predicted octanol–water partition coefficient (Wildman–Crippen LogP) is 12.7. The van der Waals surface area contributed by atoms with Crippen LogP contribution < -0.4 is 11.5 Å². The molecule has 14 rings (SSSR count). The second-order valence-electron chi connectivity index (χ2n) is 19.7. The lowest BCUT2D eigenvalue weighted by atomic mass is 9.72. The first-order valence-electron chi connectivity index (χ1n) is 25.4. The van der Waals surface area contributed by atoms with Crippen LogP contribution in [0.2, 0.25) is 0 Å². The summed E-state index contributed by atoms with van der Waals surface area (Å²) in [5.41, 5.74) is 31.6. The minimum atomic E-state index is -0.250. The van der Waals surface area contributed by atoms with Gasteiger partial charge in [0.05, 0.1) is 45.6 Å². The number of hydrogen-bond acceptors (Lipinski definition) is 9. The van der Waals surface area contributed by atoms with Crippen LogP contribution in [0.1, 0.15) is 55.2 Å². The molecule has 0 aliphatic heterocycles. The van der Waals surface area contributed by atoms with E-state index in [9.17, 15) is 5.26 Å². The Bertz CT molecular complexity index is 4100. The molecule has 370 valence electrons. The summed E-state index contributed by atoms with van der Waals surface area (Å²) in [6.07, 6.45) is 14.4. The van der Waals surface area contributed by atoms with Gasteiger partial charge in [0.25, 0.3) is 6.47 Å². The average molecular weight is 994 g/mol. The number of nitrogens with one attached hydrogen (secondary N) is 1. The van der Waals surface area contributed by atoms with Crippen LogP contribution in [0.15, 0.2) is 195 Å². The Morgan fingerprint density at radius 1 is 0.553 bits per heavy atom. The van der Waals surface area contributed by atoms with Crippen molar-refractivity contribution in [2.24, 2.45) is 11.5 Å². The lowest BCUT2D eigenvalue weighted by molar-refractivity contribution is -0.122. The van der Waals surface area contributed by atoms with Crippen molar-refractivity contribution in [2.75, 3.05) is 0 Å². The number of rotatable bonds is 8. The Hall–Kier alpha value is -9.61. The molecule has 0 spiro atoms. The Labute approximate surface area is 437 Å². The third-order valence-corrected chi connectivity index (χ3v) is 15.1. The molecule has 0 atom stereocenters. The number of nitrogens with zero attached hydrogens (tertiary/aromatic N) is 8. The SMILES string of the molecule is N#Cc1ccc(-c2cccc3nn4cc(-c5ccccc5)c(-c5ccc(C6(N)CCC6)cc5)nc4c23)cc1.NC1(c2ccc(-c3nc4c5cc(-c6cn[nH]c6)ccc5nn4cc3-c3ccccc3)cc2)CCC1.O=CO. The van der Waals surface area contributed by atoms with E-state index in [2.05, 4.69) is 132 Å². The summed E-state index contributed by atoms with van der Waals surface area (Å²) < 4.78 is 3.79. The Morgan fingerprint density at radius 3 is 1.57 bits per heavy atom. The molecule has 0 radical (unpaired) electrons. The van der Waals surface area contributed by atoms with Crippen LogP contribution in [0.25, 0.3) is 100 Å². The van der Waals surface area contributed by atoms with E-state index in [1.165, 1.54) is 24.0 Å². The second-order valence-corrected chi connectivity index (χ2v) is 19.7. The summed E-state index contributed by atoms with van der Waals surface area (Å²) in [6.45, 7) is -0.250. The number of carboxylic acid groups (broad SMARTS) is 1. The van der Waals surface area contributed by atoms with Gasteiger partial charge in [-0.2, -0.15) is 20.6 Å². The van der Waals surface area contributed by atoms with Gasteiger partial charge in [0.1, 0.15) is 0 Å². The van der Waals surface area contributed by atoms with Crippen LogP contribution >= 0.6 is 0 Å². The Balaban J connectivity index is 0.000000146. The highest BCUT2D eigenvalue weighted by atomic mass is 16.3. The van der Waals surface area contributed by atoms with E-state index < -0.39 is 0 Å². The van der Waals surface area contributed by atoms with Crippen LogP contribution in [0.5, 0.6) is 0 Å². The number of aromatic nitrogens is 8. The van der Waals surface area contributed by atoms with Gasteiger partial charge in [-0.05, 0) is 108 Å². The largest absolute Gasteiger partial charge is 0.483 e. The van der Waals surface area contributed by atoms with Gasteiger partial charge in [-0.1, -0.05) is 140 Å². The van der Waals surface area contributed by atoms with Gasteiger partial charge < -0.3 is 16.6 Å². The first-order chi connectivity index (χ1) is 37.2. The molecule has 0 unspecified atom stereocenters. The molecule has 5 aromatic heterocycles. The zero-order valence-electron chi connectivity index (χ0n) is 41.4. The van der Waals surface area contributed by atoms with Crippen molar-refractivity contribution in [3.63, 3.8) is 0 Å². The van der Waals surface area contributed by atoms with Gasteiger partial charge in [-0.15, -0.1) is 0 Å². The third-order valence-electron chi connectivity index (χ3n) is 15.1. The number of benzene rings is 7. The highest BCUT2D eigenvalue weighted by Gasteiger charge is 2.35. The van der Waals surface area contributed by atoms with Crippen molar-refractivity contribution < 1.29 is 9.90 Å². The number of H-pyrrole nitrogens is 1. The quantitative estimate of drug-likeness (QED) is 0.106. The third kappa shape index (κ3) is 8.71. The molecule has 0 bridgehead atoms. The van der Waals surface area contributed by atoms with Gasteiger partial charge in [0.15, 0.2) is 11.3 Å². The number of carbonyl (C=O) groups is 1. The van der Waals surface area contributed by atoms with E-state index >= 15 is 0 Å². The van der Waals surface area contributed by atoms with Crippen LogP contribution in [0.3, 0.4) is 0 Å². The van der Waals surface area contributed by atoms with E-state index in [1.54, 1.807) is 0 Å². The number of fused-ring (bicyclic) bond motifs is 6. The van der Waals surface area contributed by atoms with Gasteiger partial charge in [0.2, 0.25) is 0 Å². The van der Waals surface area contributed by atoms with Crippen LogP contribution in [-0.4, -0.2) is 51.0 Å². The molecule has 7 aromatic carbocycles. The molecule has 2 aliphatic rings. The minimum absolute atomic E-state index is 0.177. The molecule has 12 aromatic rings. The molecule has 13 heteroatoms. The van der Waals surface area contributed by atoms with Gasteiger partial charge in [-0.3, -0.25) is 9.89 Å². The average Bonchev–Trinajstić information content (AvgIpc) is 4.33. The van der Waals surface area contributed by atoms with Crippen LogP contribution in [0.4, 0.5) is 0 Å². The number of hydrogen-bond donors (Lipinski definition) is 4. The first kappa shape index (κ1) is 47.4. The molecule has 2 saturated carbocycles. The summed E-state index contributed by atoms with van der Waals surface area (Å²) in [7, 11) is 0. The van der Waals surface area contributed by atoms with Crippen molar-refractivity contribution >= 4 is 39.6 Å². The maximum atomic E-state index is 9.24. The number of nitriles is 1. The summed E-state index contributed by atoms with van der Waals surface area (Å²) in [4.78, 5) is 18.8. The van der Waals surface area contributed by atoms with Gasteiger partial charge in [0, 0.05) is 62.9 Å². The van der Waals surface area contributed by atoms with Crippen LogP contribution in [-0.2, 0) is 15.9 Å². The smallest absolute Gasteiger partial charge is 0.290 e. The highest BCUT2D eigenvalue weighted by Crippen LogP contribution is 2.42. The maximum absolute atomic E-state index is 9.24. The zero-order valence-corrected chi connectivity index (χ0v) is 41.4. The van der Waals surface area contributed by atoms with E-state index in [0.717, 1.165) is 126 Å². The van der Waals surface area contributed by atoms with E-state index in [4.69, 9.17) is 41.5 Å². The molecule has 5 heterocycles. The monoisotopic (exact) mass is 993 g/mol. The van der Waals surface area contributed by atoms with Crippen molar-refractivity contribution in [1.82, 2.24) is 39.4 Å². The first-order valence-corrected chi connectivity index (χ1v) is 25.4. The molecular formula is C63H51N11O2. The van der Waals surface area contributed by atoms with E-state index in [-0.39, 0.29) is 17.6 Å². The summed E-state index contributed by atoms with van der Waals surface area (Å²) in [5.74, 6) is 0.